The molecule has 0 aliphatic carbocycles. The zero-order valence-corrected chi connectivity index (χ0v) is 11.5. The second-order valence-electron chi connectivity index (χ2n) is 5.12. The molecule has 2 aromatic carbocycles. The zero-order chi connectivity index (χ0) is 14.4. The molecular formula is C18H13NO2. The van der Waals surface area contributed by atoms with Gasteiger partial charge in [-0.25, -0.2) is 0 Å². The lowest BCUT2D eigenvalue weighted by atomic mass is 10.0. The van der Waals surface area contributed by atoms with Crippen molar-refractivity contribution in [2.45, 2.75) is 6.92 Å². The number of aromatic amines is 1. The van der Waals surface area contributed by atoms with E-state index in [1.54, 1.807) is 0 Å². The van der Waals surface area contributed by atoms with Gasteiger partial charge in [0.15, 0.2) is 5.58 Å². The molecule has 3 heteroatoms. The second kappa shape index (κ2) is 4.35. The Morgan fingerprint density at radius 3 is 2.48 bits per heavy atom. The Morgan fingerprint density at radius 2 is 1.67 bits per heavy atom. The maximum atomic E-state index is 12.3. The van der Waals surface area contributed by atoms with E-state index in [1.165, 1.54) is 0 Å². The Bertz CT molecular complexity index is 1010. The van der Waals surface area contributed by atoms with Gasteiger partial charge in [-0.3, -0.25) is 4.79 Å². The molecule has 0 aliphatic rings. The normalized spacial score (nSPS) is 11.3. The van der Waals surface area contributed by atoms with Crippen LogP contribution in [-0.4, -0.2) is 4.98 Å². The first-order valence-electron chi connectivity index (χ1n) is 6.85. The first-order chi connectivity index (χ1) is 10.3. The molecular weight excluding hydrogens is 262 g/mol. The number of furan rings is 1. The third-order valence-corrected chi connectivity index (χ3v) is 3.84. The van der Waals surface area contributed by atoms with E-state index in [9.17, 15) is 4.79 Å². The van der Waals surface area contributed by atoms with E-state index in [4.69, 9.17) is 4.42 Å². The van der Waals surface area contributed by atoms with Crippen LogP contribution in [0.15, 0.2) is 63.8 Å². The number of aromatic nitrogens is 1. The Hall–Kier alpha value is -2.81. The summed E-state index contributed by atoms with van der Waals surface area (Å²) in [5, 5.41) is 0.932. The van der Waals surface area contributed by atoms with Crippen LogP contribution >= 0.6 is 0 Å². The maximum Gasteiger partial charge on any atom is 0.252 e. The first kappa shape index (κ1) is 12.0. The Morgan fingerprint density at radius 1 is 0.952 bits per heavy atom. The number of H-pyrrole nitrogens is 1. The maximum absolute atomic E-state index is 12.3. The highest BCUT2D eigenvalue weighted by Crippen LogP contribution is 2.34. The molecule has 21 heavy (non-hydrogen) atoms. The molecule has 0 amide bonds. The van der Waals surface area contributed by atoms with E-state index < -0.39 is 0 Å². The summed E-state index contributed by atoms with van der Waals surface area (Å²) in [7, 11) is 0. The van der Waals surface area contributed by atoms with Gasteiger partial charge in [-0.1, -0.05) is 42.5 Å². The summed E-state index contributed by atoms with van der Waals surface area (Å²) in [4.78, 5) is 15.2. The van der Waals surface area contributed by atoms with Crippen molar-refractivity contribution in [1.29, 1.82) is 0 Å². The minimum absolute atomic E-state index is 0.0760. The number of para-hydroxylation sites is 1. The lowest BCUT2D eigenvalue weighted by Gasteiger charge is -2.05. The van der Waals surface area contributed by atoms with Crippen LogP contribution < -0.4 is 5.56 Å². The molecule has 2 heterocycles. The van der Waals surface area contributed by atoms with Crippen molar-refractivity contribution in [3.05, 3.63) is 70.5 Å². The number of hydrogen-bond donors (Lipinski definition) is 1. The van der Waals surface area contributed by atoms with Gasteiger partial charge in [-0.15, -0.1) is 0 Å². The van der Waals surface area contributed by atoms with Gasteiger partial charge < -0.3 is 9.40 Å². The summed E-state index contributed by atoms with van der Waals surface area (Å²) in [6.07, 6.45) is 0. The van der Waals surface area contributed by atoms with E-state index >= 15 is 0 Å². The highest BCUT2D eigenvalue weighted by molar-refractivity contribution is 6.07. The number of pyridine rings is 1. The Kier molecular flexibility index (Phi) is 2.48. The topological polar surface area (TPSA) is 46.0 Å². The monoisotopic (exact) mass is 275 g/mol. The van der Waals surface area contributed by atoms with Gasteiger partial charge in [0.05, 0.1) is 5.52 Å². The van der Waals surface area contributed by atoms with Crippen LogP contribution in [0.5, 0.6) is 0 Å². The van der Waals surface area contributed by atoms with E-state index in [2.05, 4.69) is 4.98 Å². The molecule has 0 radical (unpaired) electrons. The largest absolute Gasteiger partial charge is 0.454 e. The fourth-order valence-corrected chi connectivity index (χ4v) is 2.79. The number of benzene rings is 2. The van der Waals surface area contributed by atoms with Crippen molar-refractivity contribution in [1.82, 2.24) is 4.98 Å². The van der Waals surface area contributed by atoms with Gasteiger partial charge in [-0.2, -0.15) is 0 Å². The number of rotatable bonds is 1. The molecule has 4 rings (SSSR count). The summed E-state index contributed by atoms with van der Waals surface area (Å²) >= 11 is 0. The molecule has 0 fully saturated rings. The highest BCUT2D eigenvalue weighted by atomic mass is 16.3. The van der Waals surface area contributed by atoms with E-state index in [0.717, 1.165) is 33.2 Å². The predicted molar refractivity (Wildman–Crippen MR) is 84.5 cm³/mol. The summed E-state index contributed by atoms with van der Waals surface area (Å²) in [6, 6.07) is 17.6. The SMILES string of the molecule is Cc1c(-c2ccccc2)c2oc3ccccc3c2[nH]c1=O. The van der Waals surface area contributed by atoms with Gasteiger partial charge in [0.1, 0.15) is 5.58 Å². The van der Waals surface area contributed by atoms with Crippen molar-refractivity contribution >= 4 is 22.1 Å². The smallest absolute Gasteiger partial charge is 0.252 e. The second-order valence-corrected chi connectivity index (χ2v) is 5.12. The minimum atomic E-state index is -0.0760. The van der Waals surface area contributed by atoms with Crippen LogP contribution in [0.2, 0.25) is 0 Å². The van der Waals surface area contributed by atoms with Crippen LogP contribution in [0.1, 0.15) is 5.56 Å². The average molecular weight is 275 g/mol. The van der Waals surface area contributed by atoms with Gasteiger partial charge >= 0.3 is 0 Å². The molecule has 0 aliphatic heterocycles. The number of fused-ring (bicyclic) bond motifs is 3. The van der Waals surface area contributed by atoms with Crippen LogP contribution in [0.25, 0.3) is 33.2 Å². The number of nitrogens with one attached hydrogen (secondary N) is 1. The predicted octanol–water partition coefficient (Wildman–Crippen LogP) is 4.25. The fraction of sp³-hybridized carbons (Fsp3) is 0.0556. The molecule has 0 saturated heterocycles. The van der Waals surface area contributed by atoms with Crippen LogP contribution in [0.3, 0.4) is 0 Å². The highest BCUT2D eigenvalue weighted by Gasteiger charge is 2.16. The minimum Gasteiger partial charge on any atom is -0.454 e. The lowest BCUT2D eigenvalue weighted by molar-refractivity contribution is 0.668. The van der Waals surface area contributed by atoms with Crippen molar-refractivity contribution < 1.29 is 4.42 Å². The molecule has 4 aromatic rings. The van der Waals surface area contributed by atoms with Crippen molar-refractivity contribution in [3.63, 3.8) is 0 Å². The quantitative estimate of drug-likeness (QED) is 0.564. The summed E-state index contributed by atoms with van der Waals surface area (Å²) in [6.45, 7) is 1.83. The van der Waals surface area contributed by atoms with E-state index in [1.807, 2.05) is 61.5 Å². The van der Waals surface area contributed by atoms with Gasteiger partial charge in [0, 0.05) is 16.5 Å². The number of hydrogen-bond acceptors (Lipinski definition) is 2. The molecule has 102 valence electrons. The summed E-state index contributed by atoms with van der Waals surface area (Å²) < 4.78 is 6.00. The average Bonchev–Trinajstić information content (AvgIpc) is 2.87. The molecule has 0 spiro atoms. The molecule has 0 bridgehead atoms. The Labute approximate surface area is 120 Å². The van der Waals surface area contributed by atoms with Crippen molar-refractivity contribution in [3.8, 4) is 11.1 Å². The third kappa shape index (κ3) is 1.71. The van der Waals surface area contributed by atoms with Crippen LogP contribution in [-0.2, 0) is 0 Å². The molecule has 0 atom stereocenters. The lowest BCUT2D eigenvalue weighted by Crippen LogP contribution is -2.10. The first-order valence-corrected chi connectivity index (χ1v) is 6.85. The van der Waals surface area contributed by atoms with Crippen molar-refractivity contribution in [2.24, 2.45) is 0 Å². The Balaban J connectivity index is 2.24. The van der Waals surface area contributed by atoms with Crippen molar-refractivity contribution in [2.75, 3.05) is 0 Å². The fourth-order valence-electron chi connectivity index (χ4n) is 2.79. The molecule has 0 saturated carbocycles. The van der Waals surface area contributed by atoms with Gasteiger partial charge in [-0.05, 0) is 24.6 Å². The van der Waals surface area contributed by atoms with Crippen LogP contribution in [0, 0.1) is 6.92 Å². The van der Waals surface area contributed by atoms with Gasteiger partial charge in [0.25, 0.3) is 5.56 Å². The standard InChI is InChI=1S/C18H13NO2/c1-11-15(12-7-3-2-4-8-12)17-16(19-18(11)20)13-9-5-6-10-14(13)21-17/h2-10H,1H3,(H,19,20). The summed E-state index contributed by atoms with van der Waals surface area (Å²) in [5.74, 6) is 0. The molecule has 3 nitrogen and oxygen atoms in total. The molecule has 0 unspecified atom stereocenters. The molecule has 2 aromatic heterocycles. The molecule has 1 N–H and O–H groups in total. The van der Waals surface area contributed by atoms with E-state index in [0.29, 0.717) is 5.56 Å². The third-order valence-electron chi connectivity index (χ3n) is 3.84. The summed E-state index contributed by atoms with van der Waals surface area (Å²) in [5.41, 5.74) is 4.74. The zero-order valence-electron chi connectivity index (χ0n) is 11.5. The van der Waals surface area contributed by atoms with Gasteiger partial charge in [0.2, 0.25) is 0 Å². The van der Waals surface area contributed by atoms with E-state index in [-0.39, 0.29) is 5.56 Å². The van der Waals surface area contributed by atoms with Crippen LogP contribution in [0.4, 0.5) is 0 Å².